The van der Waals surface area contributed by atoms with E-state index in [1.807, 2.05) is 32.0 Å². The zero-order valence-electron chi connectivity index (χ0n) is 18.3. The normalized spacial score (nSPS) is 11.6. The number of sulfonamides is 1. The van der Waals surface area contributed by atoms with Gasteiger partial charge in [-0.15, -0.1) is 5.10 Å². The number of hydrogen-bond acceptors (Lipinski definition) is 7. The first kappa shape index (κ1) is 22.4. The summed E-state index contributed by atoms with van der Waals surface area (Å²) < 4.78 is 37.5. The van der Waals surface area contributed by atoms with Crippen molar-refractivity contribution in [3.8, 4) is 11.5 Å². The molecule has 9 nitrogen and oxygen atoms in total. The molecule has 4 rings (SSSR count). The molecule has 0 aliphatic rings. The van der Waals surface area contributed by atoms with E-state index in [1.165, 1.54) is 41.9 Å². The number of furan rings is 1. The van der Waals surface area contributed by atoms with Gasteiger partial charge in [-0.2, -0.15) is 4.31 Å². The summed E-state index contributed by atoms with van der Waals surface area (Å²) in [5.41, 5.74) is 3.05. The summed E-state index contributed by atoms with van der Waals surface area (Å²) in [6.07, 6.45) is 1.48. The Morgan fingerprint density at radius 1 is 1.06 bits per heavy atom. The zero-order chi connectivity index (χ0) is 23.6. The van der Waals surface area contributed by atoms with Crippen LogP contribution in [0.15, 0.2) is 74.6 Å². The molecule has 1 N–H and O–H groups in total. The molecule has 1 amide bonds. The maximum atomic E-state index is 12.8. The molecule has 4 aromatic rings. The molecule has 0 fully saturated rings. The summed E-state index contributed by atoms with van der Waals surface area (Å²) in [5.74, 6) is 0.323. The van der Waals surface area contributed by atoms with Crippen LogP contribution in [0.2, 0.25) is 0 Å². The Morgan fingerprint density at radius 3 is 2.52 bits per heavy atom. The highest BCUT2D eigenvalue weighted by molar-refractivity contribution is 7.89. The van der Waals surface area contributed by atoms with Crippen molar-refractivity contribution in [2.24, 2.45) is 0 Å². The lowest BCUT2D eigenvalue weighted by atomic mass is 10.1. The number of hydrogen-bond donors (Lipinski definition) is 1. The molecule has 0 aliphatic heterocycles. The molecule has 2 aromatic heterocycles. The number of carbonyl (C=O) groups is 1. The first-order valence-electron chi connectivity index (χ1n) is 10.1. The van der Waals surface area contributed by atoms with E-state index in [4.69, 9.17) is 8.83 Å². The van der Waals surface area contributed by atoms with Gasteiger partial charge in [-0.05, 0) is 61.9 Å². The highest BCUT2D eigenvalue weighted by atomic mass is 32.2. The molecule has 0 unspecified atom stereocenters. The predicted octanol–water partition coefficient (Wildman–Crippen LogP) is 4.02. The Kier molecular flexibility index (Phi) is 6.12. The number of nitrogens with zero attached hydrogens (tertiary/aromatic N) is 3. The number of aryl methyl sites for hydroxylation is 2. The number of benzene rings is 2. The number of nitrogens with one attached hydrogen (secondary N) is 1. The zero-order valence-corrected chi connectivity index (χ0v) is 19.1. The topological polar surface area (TPSA) is 119 Å². The molecule has 2 aromatic carbocycles. The number of amides is 1. The molecule has 10 heteroatoms. The van der Waals surface area contributed by atoms with Gasteiger partial charge in [0.2, 0.25) is 15.9 Å². The fourth-order valence-electron chi connectivity index (χ4n) is 3.18. The second-order valence-electron chi connectivity index (χ2n) is 7.55. The van der Waals surface area contributed by atoms with Gasteiger partial charge in [0.1, 0.15) is 5.76 Å². The van der Waals surface area contributed by atoms with Crippen molar-refractivity contribution < 1.29 is 22.0 Å². The summed E-state index contributed by atoms with van der Waals surface area (Å²) in [6, 6.07) is 14.8. The molecule has 0 saturated heterocycles. The van der Waals surface area contributed by atoms with Crippen molar-refractivity contribution in [2.75, 3.05) is 12.4 Å². The minimum absolute atomic E-state index is 0.0502. The van der Waals surface area contributed by atoms with Crippen LogP contribution >= 0.6 is 0 Å². The van der Waals surface area contributed by atoms with Gasteiger partial charge in [0.25, 0.3) is 5.91 Å². The van der Waals surface area contributed by atoms with Crippen LogP contribution < -0.4 is 5.32 Å². The highest BCUT2D eigenvalue weighted by Gasteiger charge is 2.22. The van der Waals surface area contributed by atoms with E-state index in [0.717, 1.165) is 16.7 Å². The van der Waals surface area contributed by atoms with Crippen LogP contribution in [0.4, 0.5) is 6.01 Å². The molecular formula is C23H22N4O5S. The Hall–Kier alpha value is -3.76. The quantitative estimate of drug-likeness (QED) is 0.437. The molecule has 0 saturated carbocycles. The Balaban J connectivity index is 1.46. The third kappa shape index (κ3) is 4.86. The maximum absolute atomic E-state index is 12.8. The van der Waals surface area contributed by atoms with Crippen molar-refractivity contribution >= 4 is 21.9 Å². The van der Waals surface area contributed by atoms with E-state index < -0.39 is 15.9 Å². The van der Waals surface area contributed by atoms with E-state index in [9.17, 15) is 13.2 Å². The fourth-order valence-corrected chi connectivity index (χ4v) is 4.32. The predicted molar refractivity (Wildman–Crippen MR) is 121 cm³/mol. The van der Waals surface area contributed by atoms with Gasteiger partial charge in [0.15, 0.2) is 0 Å². The van der Waals surface area contributed by atoms with Crippen LogP contribution in [-0.4, -0.2) is 35.9 Å². The van der Waals surface area contributed by atoms with Gasteiger partial charge in [-0.3, -0.25) is 10.1 Å². The van der Waals surface area contributed by atoms with E-state index >= 15 is 0 Å². The van der Waals surface area contributed by atoms with E-state index in [2.05, 4.69) is 15.5 Å². The second-order valence-corrected chi connectivity index (χ2v) is 9.59. The number of anilines is 1. The number of carbonyl (C=O) groups excluding carboxylic acids is 1. The lowest BCUT2D eigenvalue weighted by Gasteiger charge is -2.16. The minimum Gasteiger partial charge on any atom is -0.468 e. The fraction of sp³-hybridized carbons (Fsp3) is 0.174. The molecule has 33 heavy (non-hydrogen) atoms. The first-order valence-corrected chi connectivity index (χ1v) is 11.5. The summed E-state index contributed by atoms with van der Waals surface area (Å²) in [6.45, 7) is 3.98. The van der Waals surface area contributed by atoms with Gasteiger partial charge in [-0.25, -0.2) is 8.42 Å². The Morgan fingerprint density at radius 2 is 1.82 bits per heavy atom. The minimum atomic E-state index is -3.75. The van der Waals surface area contributed by atoms with Gasteiger partial charge in [0.05, 0.1) is 17.7 Å². The summed E-state index contributed by atoms with van der Waals surface area (Å²) in [4.78, 5) is 12.6. The van der Waals surface area contributed by atoms with Crippen molar-refractivity contribution in [3.05, 3.63) is 83.3 Å². The average Bonchev–Trinajstić information content (AvgIpc) is 3.47. The van der Waals surface area contributed by atoms with Crippen LogP contribution in [0.25, 0.3) is 11.5 Å². The molecule has 0 radical (unpaired) electrons. The van der Waals surface area contributed by atoms with Crippen molar-refractivity contribution in [1.29, 1.82) is 0 Å². The van der Waals surface area contributed by atoms with Gasteiger partial charge >= 0.3 is 6.01 Å². The van der Waals surface area contributed by atoms with Crippen LogP contribution in [0.1, 0.15) is 27.2 Å². The number of rotatable bonds is 7. The van der Waals surface area contributed by atoms with Crippen LogP contribution in [0.5, 0.6) is 0 Å². The third-order valence-electron chi connectivity index (χ3n) is 5.05. The monoisotopic (exact) mass is 466 g/mol. The summed E-state index contributed by atoms with van der Waals surface area (Å²) in [5, 5.41) is 10.4. The van der Waals surface area contributed by atoms with Crippen molar-refractivity contribution in [3.63, 3.8) is 0 Å². The van der Waals surface area contributed by atoms with Crippen LogP contribution in [-0.2, 0) is 16.6 Å². The van der Waals surface area contributed by atoms with Crippen LogP contribution in [0, 0.1) is 13.8 Å². The summed E-state index contributed by atoms with van der Waals surface area (Å²) >= 11 is 0. The van der Waals surface area contributed by atoms with Crippen LogP contribution in [0.3, 0.4) is 0 Å². The van der Waals surface area contributed by atoms with E-state index in [-0.39, 0.29) is 23.0 Å². The second kappa shape index (κ2) is 9.00. The van der Waals surface area contributed by atoms with Gasteiger partial charge < -0.3 is 8.83 Å². The largest absolute Gasteiger partial charge is 0.468 e. The molecule has 0 spiro atoms. The smallest absolute Gasteiger partial charge is 0.322 e. The first-order chi connectivity index (χ1) is 15.7. The van der Waals surface area contributed by atoms with Gasteiger partial charge in [0, 0.05) is 18.2 Å². The lowest BCUT2D eigenvalue weighted by Crippen LogP contribution is -2.26. The van der Waals surface area contributed by atoms with Crippen molar-refractivity contribution in [2.45, 2.75) is 25.3 Å². The Labute approximate surface area is 191 Å². The highest BCUT2D eigenvalue weighted by Crippen LogP contribution is 2.25. The van der Waals surface area contributed by atoms with Crippen molar-refractivity contribution in [1.82, 2.24) is 14.5 Å². The maximum Gasteiger partial charge on any atom is 0.322 e. The van der Waals surface area contributed by atoms with E-state index in [1.54, 1.807) is 12.1 Å². The SMILES string of the molecule is Cc1ccc(C)c(-c2nnc(NC(=O)c3ccc(S(=O)(=O)N(C)Cc4ccco4)cc3)o2)c1. The standard InChI is InChI=1S/C23H22N4O5S/c1-15-6-7-16(2)20(13-15)22-25-26-23(32-22)24-21(28)17-8-10-19(11-9-17)33(29,30)27(3)14-18-5-4-12-31-18/h4-13H,14H2,1-3H3,(H,24,26,28). The molecule has 0 aliphatic carbocycles. The van der Waals surface area contributed by atoms with Gasteiger partial charge in [-0.1, -0.05) is 22.8 Å². The summed E-state index contributed by atoms with van der Waals surface area (Å²) in [7, 11) is -2.29. The molecular weight excluding hydrogens is 444 g/mol. The van der Waals surface area contributed by atoms with E-state index in [0.29, 0.717) is 11.7 Å². The number of aromatic nitrogens is 2. The molecule has 0 bridgehead atoms. The Bertz CT molecular complexity index is 1380. The molecule has 0 atom stereocenters. The third-order valence-corrected chi connectivity index (χ3v) is 6.87. The molecule has 170 valence electrons. The lowest BCUT2D eigenvalue weighted by molar-refractivity contribution is 0.102. The molecule has 2 heterocycles. The average molecular weight is 467 g/mol.